The van der Waals surface area contributed by atoms with Crippen LogP contribution in [0, 0.1) is 11.3 Å². The van der Waals surface area contributed by atoms with Crippen molar-refractivity contribution in [2.75, 3.05) is 0 Å². The molecule has 0 aliphatic heterocycles. The third-order valence-electron chi connectivity index (χ3n) is 2.19. The van der Waals surface area contributed by atoms with Crippen molar-refractivity contribution in [3.8, 4) is 17.7 Å². The van der Waals surface area contributed by atoms with Gasteiger partial charge >= 0.3 is 5.97 Å². The van der Waals surface area contributed by atoms with Crippen LogP contribution in [0.25, 0.3) is 0 Å². The molecule has 2 aromatic rings. The van der Waals surface area contributed by atoms with E-state index in [0.29, 0.717) is 11.3 Å². The zero-order valence-corrected chi connectivity index (χ0v) is 9.20. The monoisotopic (exact) mass is 240 g/mol. The Hall–Kier alpha value is -2.87. The van der Waals surface area contributed by atoms with E-state index in [1.54, 1.807) is 24.3 Å². The number of hydrogen-bond acceptors (Lipinski definition) is 4. The third kappa shape index (κ3) is 2.44. The Kier molecular flexibility index (Phi) is 3.21. The molecule has 2 rings (SSSR count). The van der Waals surface area contributed by atoms with Crippen molar-refractivity contribution < 1.29 is 14.6 Å². The fourth-order valence-electron chi connectivity index (χ4n) is 1.36. The molecular formula is C13H8N2O3. The number of ether oxygens (including phenoxy) is 1. The topological polar surface area (TPSA) is 83.2 Å². The Bertz CT molecular complexity index is 632. The number of carboxylic acids is 1. The highest BCUT2D eigenvalue weighted by Crippen LogP contribution is 2.23. The van der Waals surface area contributed by atoms with E-state index < -0.39 is 5.97 Å². The van der Waals surface area contributed by atoms with Gasteiger partial charge in [0.05, 0.1) is 5.56 Å². The summed E-state index contributed by atoms with van der Waals surface area (Å²) in [5, 5.41) is 17.7. The second-order valence-corrected chi connectivity index (χ2v) is 3.40. The van der Waals surface area contributed by atoms with Crippen LogP contribution in [0.1, 0.15) is 15.9 Å². The van der Waals surface area contributed by atoms with E-state index >= 15 is 0 Å². The van der Waals surface area contributed by atoms with Crippen LogP contribution in [-0.4, -0.2) is 16.1 Å². The second kappa shape index (κ2) is 4.97. The maximum absolute atomic E-state index is 10.8. The van der Waals surface area contributed by atoms with E-state index in [1.807, 2.05) is 6.07 Å². The van der Waals surface area contributed by atoms with Gasteiger partial charge in [-0.05, 0) is 30.3 Å². The van der Waals surface area contributed by atoms with Gasteiger partial charge in [-0.15, -0.1) is 0 Å². The zero-order valence-electron chi connectivity index (χ0n) is 9.20. The van der Waals surface area contributed by atoms with E-state index in [0.717, 1.165) is 0 Å². The fourth-order valence-corrected chi connectivity index (χ4v) is 1.36. The zero-order chi connectivity index (χ0) is 13.0. The predicted octanol–water partition coefficient (Wildman–Crippen LogP) is 2.44. The number of carboxylic acid groups (broad SMARTS) is 1. The molecule has 0 fully saturated rings. The number of rotatable bonds is 3. The number of hydrogen-bond donors (Lipinski definition) is 1. The molecule has 0 saturated carbocycles. The molecule has 1 N–H and O–H groups in total. The van der Waals surface area contributed by atoms with Crippen molar-refractivity contribution in [3.05, 3.63) is 53.7 Å². The first kappa shape index (κ1) is 11.6. The largest absolute Gasteiger partial charge is 0.478 e. The molecule has 1 heterocycles. The van der Waals surface area contributed by atoms with E-state index in [9.17, 15) is 4.79 Å². The maximum atomic E-state index is 10.8. The first-order chi connectivity index (χ1) is 8.70. The molecule has 5 heteroatoms. The summed E-state index contributed by atoms with van der Waals surface area (Å²) in [4.78, 5) is 14.7. The first-order valence-corrected chi connectivity index (χ1v) is 5.07. The van der Waals surface area contributed by atoms with Crippen LogP contribution in [0.4, 0.5) is 0 Å². The molecule has 0 atom stereocenters. The molecule has 0 amide bonds. The number of aromatic carboxylic acids is 1. The summed E-state index contributed by atoms with van der Waals surface area (Å²) in [6, 6.07) is 11.1. The molecule has 88 valence electrons. The molecule has 0 aliphatic carbocycles. The quantitative estimate of drug-likeness (QED) is 0.890. The molecule has 0 radical (unpaired) electrons. The number of pyridine rings is 1. The Morgan fingerprint density at radius 3 is 2.89 bits per heavy atom. The minimum absolute atomic E-state index is 0.113. The summed E-state index contributed by atoms with van der Waals surface area (Å²) >= 11 is 0. The highest BCUT2D eigenvalue weighted by molar-refractivity contribution is 5.88. The van der Waals surface area contributed by atoms with Crippen LogP contribution in [0.15, 0.2) is 42.6 Å². The third-order valence-corrected chi connectivity index (χ3v) is 2.19. The van der Waals surface area contributed by atoms with Crippen LogP contribution in [0.3, 0.4) is 0 Å². The number of nitriles is 1. The van der Waals surface area contributed by atoms with Gasteiger partial charge in [-0.2, -0.15) is 5.26 Å². The van der Waals surface area contributed by atoms with Crippen molar-refractivity contribution in [3.63, 3.8) is 0 Å². The Labute approximate surface area is 103 Å². The lowest BCUT2D eigenvalue weighted by atomic mass is 10.2. The van der Waals surface area contributed by atoms with Crippen molar-refractivity contribution in [1.29, 1.82) is 5.26 Å². The molecule has 5 nitrogen and oxygen atoms in total. The average Bonchev–Trinajstić information content (AvgIpc) is 2.39. The van der Waals surface area contributed by atoms with Gasteiger partial charge < -0.3 is 9.84 Å². The number of aromatic nitrogens is 1. The van der Waals surface area contributed by atoms with Gasteiger partial charge in [-0.1, -0.05) is 6.07 Å². The minimum atomic E-state index is -1.04. The van der Waals surface area contributed by atoms with E-state index in [1.165, 1.54) is 18.3 Å². The van der Waals surface area contributed by atoms with Crippen LogP contribution in [0.5, 0.6) is 11.6 Å². The van der Waals surface area contributed by atoms with E-state index in [2.05, 4.69) is 4.98 Å². The lowest BCUT2D eigenvalue weighted by Gasteiger charge is -2.06. The normalized spacial score (nSPS) is 9.50. The fraction of sp³-hybridized carbons (Fsp3) is 0. The Balaban J connectivity index is 2.32. The standard InChI is InChI=1S/C13H8N2O3/c14-8-10-4-2-6-15-12(10)18-11-5-1-3-9(7-11)13(16)17/h1-7H,(H,16,17). The number of nitrogens with zero attached hydrogens (tertiary/aromatic N) is 2. The first-order valence-electron chi connectivity index (χ1n) is 5.07. The maximum Gasteiger partial charge on any atom is 0.335 e. The van der Waals surface area contributed by atoms with Gasteiger partial charge in [-0.3, -0.25) is 0 Å². The van der Waals surface area contributed by atoms with E-state index in [-0.39, 0.29) is 11.4 Å². The van der Waals surface area contributed by atoms with Crippen LogP contribution < -0.4 is 4.74 Å². The summed E-state index contributed by atoms with van der Waals surface area (Å²) in [5.74, 6) is -0.561. The van der Waals surface area contributed by atoms with Gasteiger partial charge in [-0.25, -0.2) is 9.78 Å². The van der Waals surface area contributed by atoms with Crippen molar-refractivity contribution in [2.24, 2.45) is 0 Å². The molecule has 1 aromatic carbocycles. The summed E-state index contributed by atoms with van der Waals surface area (Å²) in [7, 11) is 0. The van der Waals surface area contributed by atoms with Crippen LogP contribution in [0.2, 0.25) is 0 Å². The summed E-state index contributed by atoms with van der Waals surface area (Å²) in [6.07, 6.45) is 1.50. The van der Waals surface area contributed by atoms with Crippen LogP contribution >= 0.6 is 0 Å². The predicted molar refractivity (Wildman–Crippen MR) is 62.4 cm³/mol. The van der Waals surface area contributed by atoms with E-state index in [4.69, 9.17) is 15.1 Å². The smallest absolute Gasteiger partial charge is 0.335 e. The highest BCUT2D eigenvalue weighted by atomic mass is 16.5. The SMILES string of the molecule is N#Cc1cccnc1Oc1cccc(C(=O)O)c1. The number of carbonyl (C=O) groups is 1. The second-order valence-electron chi connectivity index (χ2n) is 3.40. The molecule has 0 aliphatic rings. The molecule has 0 bridgehead atoms. The van der Waals surface area contributed by atoms with Crippen molar-refractivity contribution in [2.45, 2.75) is 0 Å². The molecule has 0 unspecified atom stereocenters. The van der Waals surface area contributed by atoms with Gasteiger partial charge in [0, 0.05) is 6.20 Å². The lowest BCUT2D eigenvalue weighted by Crippen LogP contribution is -1.97. The molecule has 0 spiro atoms. The molecule has 1 aromatic heterocycles. The summed E-state index contributed by atoms with van der Waals surface area (Å²) in [6.45, 7) is 0. The average molecular weight is 240 g/mol. The van der Waals surface area contributed by atoms with Gasteiger partial charge in [0.25, 0.3) is 0 Å². The molecular weight excluding hydrogens is 232 g/mol. The van der Waals surface area contributed by atoms with Gasteiger partial charge in [0.15, 0.2) is 0 Å². The van der Waals surface area contributed by atoms with Gasteiger partial charge in [0.2, 0.25) is 5.88 Å². The minimum Gasteiger partial charge on any atom is -0.478 e. The highest BCUT2D eigenvalue weighted by Gasteiger charge is 2.08. The van der Waals surface area contributed by atoms with Crippen molar-refractivity contribution in [1.82, 2.24) is 4.98 Å². The number of benzene rings is 1. The molecule has 18 heavy (non-hydrogen) atoms. The summed E-state index contributed by atoms with van der Waals surface area (Å²) < 4.78 is 5.39. The lowest BCUT2D eigenvalue weighted by molar-refractivity contribution is 0.0696. The Morgan fingerprint density at radius 1 is 1.33 bits per heavy atom. The van der Waals surface area contributed by atoms with Gasteiger partial charge in [0.1, 0.15) is 17.4 Å². The van der Waals surface area contributed by atoms with Crippen LogP contribution in [-0.2, 0) is 0 Å². The summed E-state index contributed by atoms with van der Waals surface area (Å²) in [5.41, 5.74) is 0.403. The van der Waals surface area contributed by atoms with Crippen molar-refractivity contribution >= 4 is 5.97 Å². The Morgan fingerprint density at radius 2 is 2.17 bits per heavy atom. The molecule has 0 saturated heterocycles.